The number of aliphatic hydroxyl groups excluding tert-OH is 1. The summed E-state index contributed by atoms with van der Waals surface area (Å²) in [4.78, 5) is 40.8. The van der Waals surface area contributed by atoms with Gasteiger partial charge in [-0.15, -0.1) is 0 Å². The van der Waals surface area contributed by atoms with Crippen molar-refractivity contribution in [2.75, 3.05) is 53.6 Å². The number of nitrogens with zero attached hydrogens (tertiary/aromatic N) is 2. The van der Waals surface area contributed by atoms with E-state index < -0.39 is 11.4 Å². The predicted octanol–water partition coefficient (Wildman–Crippen LogP) is 1.25. The Morgan fingerprint density at radius 1 is 1.17 bits per heavy atom. The molecule has 1 saturated carbocycles. The van der Waals surface area contributed by atoms with Gasteiger partial charge >= 0.3 is 5.97 Å². The van der Waals surface area contributed by atoms with E-state index in [4.69, 9.17) is 14.6 Å². The molecule has 0 radical (unpaired) electrons. The number of ketones is 1. The van der Waals surface area contributed by atoms with E-state index in [0.29, 0.717) is 0 Å². The van der Waals surface area contributed by atoms with E-state index in [1.54, 1.807) is 20.8 Å². The van der Waals surface area contributed by atoms with E-state index in [-0.39, 0.29) is 48.9 Å². The molecule has 0 aromatic heterocycles. The van der Waals surface area contributed by atoms with E-state index in [2.05, 4.69) is 4.90 Å². The lowest BCUT2D eigenvalue weighted by Gasteiger charge is -2.66. The molecule has 2 rings (SSSR count). The number of amides is 1. The first-order chi connectivity index (χ1) is 14.0. The van der Waals surface area contributed by atoms with Crippen LogP contribution in [0.1, 0.15) is 52.9 Å². The predicted molar refractivity (Wildman–Crippen MR) is 112 cm³/mol. The number of aliphatic hydroxyl groups is 1. The molecule has 1 aliphatic heterocycles. The highest BCUT2D eigenvalue weighted by molar-refractivity contribution is 6.03. The van der Waals surface area contributed by atoms with E-state index in [9.17, 15) is 14.4 Å². The smallest absolute Gasteiger partial charge is 0.319 e. The molecule has 0 bridgehead atoms. The van der Waals surface area contributed by atoms with Gasteiger partial charge in [0, 0.05) is 45.6 Å². The van der Waals surface area contributed by atoms with E-state index >= 15 is 0 Å². The van der Waals surface area contributed by atoms with Crippen molar-refractivity contribution in [1.29, 1.82) is 0 Å². The number of hydrogen-bond acceptors (Lipinski definition) is 7. The summed E-state index contributed by atoms with van der Waals surface area (Å²) in [7, 11) is 3.55. The molecule has 1 saturated heterocycles. The Balaban J connectivity index is 1.99. The van der Waals surface area contributed by atoms with Gasteiger partial charge in [-0.05, 0) is 53.1 Å². The summed E-state index contributed by atoms with van der Waals surface area (Å²) >= 11 is 0. The number of rotatable bonds is 12. The molecule has 2 aliphatic rings. The Morgan fingerprint density at radius 2 is 1.80 bits per heavy atom. The van der Waals surface area contributed by atoms with Crippen LogP contribution in [0.3, 0.4) is 0 Å². The van der Waals surface area contributed by atoms with Crippen LogP contribution in [-0.4, -0.2) is 91.7 Å². The summed E-state index contributed by atoms with van der Waals surface area (Å²) in [6.07, 6.45) is 3.46. The molecule has 0 aromatic rings. The quantitative estimate of drug-likeness (QED) is 0.285. The Bertz CT molecular complexity index is 634. The van der Waals surface area contributed by atoms with Crippen molar-refractivity contribution in [2.24, 2.45) is 10.8 Å². The summed E-state index contributed by atoms with van der Waals surface area (Å²) < 4.78 is 10.7. The van der Waals surface area contributed by atoms with Crippen LogP contribution in [0.4, 0.5) is 0 Å². The number of likely N-dealkylation sites (tertiary alicyclic amines) is 1. The fraction of sp³-hybridized carbons (Fsp3) is 0.864. The van der Waals surface area contributed by atoms with Crippen LogP contribution in [0.25, 0.3) is 0 Å². The number of Topliss-reactive ketones (excluding diaryl/α,β-unsaturated/α-hetero) is 1. The van der Waals surface area contributed by atoms with Gasteiger partial charge in [-0.2, -0.15) is 0 Å². The molecule has 8 heteroatoms. The summed E-state index contributed by atoms with van der Waals surface area (Å²) in [6.45, 7) is 7.75. The first-order valence-electron chi connectivity index (χ1n) is 10.8. The van der Waals surface area contributed by atoms with Crippen molar-refractivity contribution in [3.8, 4) is 0 Å². The molecule has 172 valence electrons. The van der Waals surface area contributed by atoms with Crippen LogP contribution >= 0.6 is 0 Å². The summed E-state index contributed by atoms with van der Waals surface area (Å²) in [5, 5.41) is 9.08. The number of carbonyl (C=O) groups excluding carboxylic acids is 3. The molecule has 2 fully saturated rings. The Kier molecular flexibility index (Phi) is 8.04. The Hall–Kier alpha value is -1.51. The fourth-order valence-corrected chi connectivity index (χ4v) is 4.74. The number of esters is 1. The number of hydrogen-bond donors (Lipinski definition) is 1. The van der Waals surface area contributed by atoms with Gasteiger partial charge in [0.05, 0.1) is 12.1 Å². The van der Waals surface area contributed by atoms with Crippen molar-refractivity contribution >= 4 is 17.7 Å². The first kappa shape index (κ1) is 24.8. The molecule has 0 atom stereocenters. The molecule has 1 N–H and O–H groups in total. The Labute approximate surface area is 179 Å². The second-order valence-electron chi connectivity index (χ2n) is 9.67. The van der Waals surface area contributed by atoms with Gasteiger partial charge in [-0.3, -0.25) is 19.3 Å². The molecule has 1 aliphatic carbocycles. The number of carbonyl (C=O) groups is 3. The molecule has 1 heterocycles. The van der Waals surface area contributed by atoms with Gasteiger partial charge in [0.15, 0.2) is 5.78 Å². The molecule has 1 spiro atoms. The lowest BCUT2D eigenvalue weighted by molar-refractivity contribution is -0.192. The van der Waals surface area contributed by atoms with Gasteiger partial charge in [0.1, 0.15) is 12.0 Å². The molecule has 1 amide bonds. The number of ether oxygens (including phenoxy) is 2. The monoisotopic (exact) mass is 426 g/mol. The second-order valence-corrected chi connectivity index (χ2v) is 9.67. The second kappa shape index (κ2) is 9.75. The molecule has 8 nitrogen and oxygen atoms in total. The van der Waals surface area contributed by atoms with Crippen molar-refractivity contribution in [2.45, 2.75) is 58.4 Å². The molecule has 0 aromatic carbocycles. The van der Waals surface area contributed by atoms with Crippen molar-refractivity contribution < 1.29 is 29.0 Å². The highest BCUT2D eigenvalue weighted by atomic mass is 16.5. The summed E-state index contributed by atoms with van der Waals surface area (Å²) in [5.41, 5.74) is -1.40. The third-order valence-electron chi connectivity index (χ3n) is 6.83. The van der Waals surface area contributed by atoms with Gasteiger partial charge in [0.25, 0.3) is 0 Å². The molecular formula is C22H38N2O6. The highest BCUT2D eigenvalue weighted by Gasteiger charge is 2.62. The first-order valence-corrected chi connectivity index (χ1v) is 10.8. The molecule has 30 heavy (non-hydrogen) atoms. The lowest BCUT2D eigenvalue weighted by Crippen LogP contribution is -2.73. The minimum absolute atomic E-state index is 0.0946. The van der Waals surface area contributed by atoms with Crippen LogP contribution < -0.4 is 0 Å². The Morgan fingerprint density at radius 3 is 2.33 bits per heavy atom. The van der Waals surface area contributed by atoms with E-state index in [1.165, 1.54) is 7.11 Å². The minimum Gasteiger partial charge on any atom is -0.463 e. The van der Waals surface area contributed by atoms with Crippen molar-refractivity contribution in [3.05, 3.63) is 0 Å². The average Bonchev–Trinajstić information content (AvgIpc) is 2.63. The maximum absolute atomic E-state index is 12.7. The van der Waals surface area contributed by atoms with Crippen molar-refractivity contribution in [3.63, 3.8) is 0 Å². The van der Waals surface area contributed by atoms with E-state index in [0.717, 1.165) is 45.3 Å². The topological polar surface area (TPSA) is 96.4 Å². The maximum atomic E-state index is 12.7. The fourth-order valence-electron chi connectivity index (χ4n) is 4.74. The highest BCUT2D eigenvalue weighted by Crippen LogP contribution is 2.56. The maximum Gasteiger partial charge on any atom is 0.319 e. The molecule has 0 unspecified atom stereocenters. The van der Waals surface area contributed by atoms with Gasteiger partial charge in [0.2, 0.25) is 5.91 Å². The summed E-state index contributed by atoms with van der Waals surface area (Å²) in [5.74, 6) is -0.607. The van der Waals surface area contributed by atoms with Gasteiger partial charge < -0.3 is 19.5 Å². The standard InChI is InChI=1S/C22H38N2O6/c1-17(26)24-14-21(15-24)12-22(13-21,23(4)9-6-7-10-25)16-30-19(28)20(2,3)18(27)8-11-29-5/h25H,6-16H2,1-5H3. The van der Waals surface area contributed by atoms with Crippen LogP contribution in [0, 0.1) is 10.8 Å². The summed E-state index contributed by atoms with van der Waals surface area (Å²) in [6, 6.07) is 0. The zero-order valence-electron chi connectivity index (χ0n) is 19.2. The number of likely N-dealkylation sites (N-methyl/N-ethyl adjacent to an activating group) is 1. The van der Waals surface area contributed by atoms with Crippen LogP contribution in [0.15, 0.2) is 0 Å². The lowest BCUT2D eigenvalue weighted by atomic mass is 9.53. The molecular weight excluding hydrogens is 388 g/mol. The third-order valence-corrected chi connectivity index (χ3v) is 6.83. The third kappa shape index (κ3) is 5.21. The number of unbranched alkanes of at least 4 members (excludes halogenated alkanes) is 1. The van der Waals surface area contributed by atoms with Gasteiger partial charge in [-0.1, -0.05) is 0 Å². The van der Waals surface area contributed by atoms with E-state index in [1.807, 2.05) is 11.9 Å². The normalized spacial score (nSPS) is 19.4. The van der Waals surface area contributed by atoms with Crippen LogP contribution in [0.2, 0.25) is 0 Å². The van der Waals surface area contributed by atoms with Crippen LogP contribution in [0.5, 0.6) is 0 Å². The zero-order chi connectivity index (χ0) is 22.6. The van der Waals surface area contributed by atoms with Crippen molar-refractivity contribution in [1.82, 2.24) is 9.80 Å². The zero-order valence-corrected chi connectivity index (χ0v) is 19.2. The SMILES string of the molecule is COCCC(=O)C(C)(C)C(=O)OCC1(N(C)CCCCO)CC2(CN(C(C)=O)C2)C1. The average molecular weight is 427 g/mol. The minimum atomic E-state index is -1.21. The van der Waals surface area contributed by atoms with Crippen LogP contribution in [-0.2, 0) is 23.9 Å². The van der Waals surface area contributed by atoms with Gasteiger partial charge in [-0.25, -0.2) is 0 Å². The largest absolute Gasteiger partial charge is 0.463 e. The number of methoxy groups -OCH3 is 1.